The maximum Gasteiger partial charge on any atom is 0.291 e. The van der Waals surface area contributed by atoms with Crippen LogP contribution in [0.4, 0.5) is 5.69 Å². The highest BCUT2D eigenvalue weighted by atomic mass is 35.5. The molecule has 2 amide bonds. The van der Waals surface area contributed by atoms with Gasteiger partial charge in [0.25, 0.3) is 5.91 Å². The third-order valence-corrected chi connectivity index (χ3v) is 6.20. The van der Waals surface area contributed by atoms with Crippen LogP contribution in [0, 0.1) is 0 Å². The van der Waals surface area contributed by atoms with Gasteiger partial charge in [-0.3, -0.25) is 9.59 Å². The largest absolute Gasteiger partial charge is 0.449 e. The van der Waals surface area contributed by atoms with Crippen molar-refractivity contribution in [3.8, 4) is 0 Å². The van der Waals surface area contributed by atoms with Gasteiger partial charge in [0.15, 0.2) is 0 Å². The lowest BCUT2D eigenvalue weighted by Crippen LogP contribution is -2.40. The lowest BCUT2D eigenvalue weighted by molar-refractivity contribution is -0.115. The van der Waals surface area contributed by atoms with E-state index in [4.69, 9.17) is 20.8 Å². The topological polar surface area (TPSA) is 71.8 Å². The first-order valence-electron chi connectivity index (χ1n) is 9.64. The number of amides is 2. The Morgan fingerprint density at radius 3 is 2.53 bits per heavy atom. The van der Waals surface area contributed by atoms with E-state index in [1.165, 1.54) is 11.8 Å². The molecule has 3 aromatic rings. The standard InChI is InChI=1S/C22H21ClN2O4S/c1-14(30-16-8-6-15(23)7-9-16)21(26)24-19-17-4-2-3-5-18(17)29-20(19)22(27)25-10-12-28-13-11-25/h2-9,14H,10-13H2,1H3,(H,24,26)/t14-/m0/s1. The molecule has 1 aliphatic rings. The molecule has 1 saturated heterocycles. The van der Waals surface area contributed by atoms with Crippen LogP contribution in [0.3, 0.4) is 0 Å². The number of nitrogens with zero attached hydrogens (tertiary/aromatic N) is 1. The van der Waals surface area contributed by atoms with Crippen LogP contribution in [-0.2, 0) is 9.53 Å². The minimum absolute atomic E-state index is 0.148. The van der Waals surface area contributed by atoms with Gasteiger partial charge < -0.3 is 19.4 Å². The molecule has 1 fully saturated rings. The van der Waals surface area contributed by atoms with Gasteiger partial charge in [0.1, 0.15) is 11.3 Å². The molecule has 1 N–H and O–H groups in total. The van der Waals surface area contributed by atoms with E-state index in [1.807, 2.05) is 37.3 Å². The number of ether oxygens (including phenoxy) is 1. The van der Waals surface area contributed by atoms with E-state index in [2.05, 4.69) is 5.32 Å². The minimum Gasteiger partial charge on any atom is -0.449 e. The fourth-order valence-corrected chi connectivity index (χ4v) is 4.22. The molecule has 156 valence electrons. The molecule has 30 heavy (non-hydrogen) atoms. The number of nitrogens with one attached hydrogen (secondary N) is 1. The Labute approximate surface area is 183 Å². The predicted octanol–water partition coefficient (Wildman–Crippen LogP) is 4.68. The molecular formula is C22H21ClN2O4S. The highest BCUT2D eigenvalue weighted by Crippen LogP contribution is 2.33. The molecular weight excluding hydrogens is 424 g/mol. The van der Waals surface area contributed by atoms with Crippen molar-refractivity contribution in [3.05, 3.63) is 59.3 Å². The maximum absolute atomic E-state index is 13.1. The third-order valence-electron chi connectivity index (χ3n) is 4.83. The Morgan fingerprint density at radius 2 is 1.80 bits per heavy atom. The molecule has 1 aliphatic heterocycles. The number of morpholine rings is 1. The summed E-state index contributed by atoms with van der Waals surface area (Å²) in [5, 5.41) is 3.89. The third kappa shape index (κ3) is 4.48. The molecule has 2 aromatic carbocycles. The van der Waals surface area contributed by atoms with Crippen molar-refractivity contribution in [2.45, 2.75) is 17.1 Å². The normalized spacial score (nSPS) is 15.2. The van der Waals surface area contributed by atoms with Crippen LogP contribution >= 0.6 is 23.4 Å². The van der Waals surface area contributed by atoms with Gasteiger partial charge in [-0.05, 0) is 43.3 Å². The molecule has 2 heterocycles. The fourth-order valence-electron chi connectivity index (χ4n) is 3.23. The van der Waals surface area contributed by atoms with Crippen LogP contribution in [0.15, 0.2) is 57.8 Å². The predicted molar refractivity (Wildman–Crippen MR) is 118 cm³/mol. The van der Waals surface area contributed by atoms with Gasteiger partial charge in [-0.15, -0.1) is 11.8 Å². The SMILES string of the molecule is C[C@H](Sc1ccc(Cl)cc1)C(=O)Nc1c(C(=O)N2CCOCC2)oc2ccccc12. The highest BCUT2D eigenvalue weighted by molar-refractivity contribution is 8.00. The maximum atomic E-state index is 13.1. The smallest absolute Gasteiger partial charge is 0.291 e. The number of benzene rings is 2. The molecule has 0 bridgehead atoms. The van der Waals surface area contributed by atoms with Gasteiger partial charge in [0.05, 0.1) is 18.5 Å². The van der Waals surface area contributed by atoms with E-state index >= 15 is 0 Å². The van der Waals surface area contributed by atoms with E-state index in [0.717, 1.165) is 4.90 Å². The van der Waals surface area contributed by atoms with Gasteiger partial charge in [-0.25, -0.2) is 0 Å². The molecule has 0 aliphatic carbocycles. The molecule has 8 heteroatoms. The monoisotopic (exact) mass is 444 g/mol. The first-order valence-corrected chi connectivity index (χ1v) is 10.9. The van der Waals surface area contributed by atoms with E-state index < -0.39 is 0 Å². The van der Waals surface area contributed by atoms with Gasteiger partial charge in [0.2, 0.25) is 11.7 Å². The molecule has 6 nitrogen and oxygen atoms in total. The van der Waals surface area contributed by atoms with Gasteiger partial charge in [0, 0.05) is 28.4 Å². The fraction of sp³-hybridized carbons (Fsp3) is 0.273. The number of para-hydroxylation sites is 1. The van der Waals surface area contributed by atoms with Crippen molar-refractivity contribution in [1.29, 1.82) is 0 Å². The zero-order valence-corrected chi connectivity index (χ0v) is 18.0. The van der Waals surface area contributed by atoms with Gasteiger partial charge in [-0.1, -0.05) is 23.7 Å². The van der Waals surface area contributed by atoms with Crippen LogP contribution in [0.2, 0.25) is 5.02 Å². The van der Waals surface area contributed by atoms with Crippen molar-refractivity contribution in [3.63, 3.8) is 0 Å². The Bertz CT molecular complexity index is 1060. The lowest BCUT2D eigenvalue weighted by Gasteiger charge is -2.26. The van der Waals surface area contributed by atoms with Crippen molar-refractivity contribution in [2.75, 3.05) is 31.6 Å². The van der Waals surface area contributed by atoms with Crippen molar-refractivity contribution >= 4 is 51.8 Å². The molecule has 1 aromatic heterocycles. The Morgan fingerprint density at radius 1 is 1.10 bits per heavy atom. The number of rotatable bonds is 5. The molecule has 1 atom stereocenters. The highest BCUT2D eigenvalue weighted by Gasteiger charge is 2.28. The lowest BCUT2D eigenvalue weighted by atomic mass is 10.2. The Hall–Kier alpha value is -2.48. The van der Waals surface area contributed by atoms with Crippen LogP contribution in [-0.4, -0.2) is 48.3 Å². The summed E-state index contributed by atoms with van der Waals surface area (Å²) in [6.45, 7) is 3.78. The van der Waals surface area contributed by atoms with E-state index in [9.17, 15) is 9.59 Å². The first-order chi connectivity index (χ1) is 14.5. The van der Waals surface area contributed by atoms with Crippen LogP contribution in [0.25, 0.3) is 11.0 Å². The van der Waals surface area contributed by atoms with Crippen molar-refractivity contribution in [1.82, 2.24) is 4.90 Å². The average Bonchev–Trinajstić information content (AvgIpc) is 3.13. The summed E-state index contributed by atoms with van der Waals surface area (Å²) in [6.07, 6.45) is 0. The zero-order chi connectivity index (χ0) is 21.1. The summed E-state index contributed by atoms with van der Waals surface area (Å²) in [5.74, 6) is -0.310. The second-order valence-electron chi connectivity index (χ2n) is 6.91. The molecule has 0 saturated carbocycles. The molecule has 0 unspecified atom stereocenters. The number of fused-ring (bicyclic) bond motifs is 1. The summed E-state index contributed by atoms with van der Waals surface area (Å²) >= 11 is 7.35. The number of anilines is 1. The van der Waals surface area contributed by atoms with E-state index in [0.29, 0.717) is 48.0 Å². The number of hydrogen-bond donors (Lipinski definition) is 1. The number of carbonyl (C=O) groups excluding carboxylic acids is 2. The van der Waals surface area contributed by atoms with Crippen LogP contribution in [0.1, 0.15) is 17.5 Å². The summed E-state index contributed by atoms with van der Waals surface area (Å²) < 4.78 is 11.2. The Balaban J connectivity index is 1.58. The summed E-state index contributed by atoms with van der Waals surface area (Å²) in [4.78, 5) is 28.6. The van der Waals surface area contributed by atoms with Crippen molar-refractivity contribution < 1.29 is 18.7 Å². The molecule has 0 radical (unpaired) electrons. The quantitative estimate of drug-likeness (QED) is 0.578. The number of halogens is 1. The second-order valence-corrected chi connectivity index (χ2v) is 8.76. The summed E-state index contributed by atoms with van der Waals surface area (Å²) in [5.41, 5.74) is 0.970. The second kappa shape index (κ2) is 9.12. The van der Waals surface area contributed by atoms with E-state index in [-0.39, 0.29) is 22.8 Å². The van der Waals surface area contributed by atoms with Gasteiger partial charge >= 0.3 is 0 Å². The first kappa shape index (κ1) is 20.8. The number of carbonyl (C=O) groups is 2. The van der Waals surface area contributed by atoms with Crippen molar-refractivity contribution in [2.24, 2.45) is 0 Å². The summed E-state index contributed by atoms with van der Waals surface area (Å²) in [6, 6.07) is 14.6. The minimum atomic E-state index is -0.383. The Kier molecular flexibility index (Phi) is 6.32. The number of thioether (sulfide) groups is 1. The number of furan rings is 1. The molecule has 4 rings (SSSR count). The summed E-state index contributed by atoms with van der Waals surface area (Å²) in [7, 11) is 0. The van der Waals surface area contributed by atoms with Crippen LogP contribution in [0.5, 0.6) is 0 Å². The van der Waals surface area contributed by atoms with Crippen LogP contribution < -0.4 is 5.32 Å². The van der Waals surface area contributed by atoms with E-state index in [1.54, 1.807) is 23.1 Å². The number of hydrogen-bond acceptors (Lipinski definition) is 5. The average molecular weight is 445 g/mol. The zero-order valence-electron chi connectivity index (χ0n) is 16.4. The van der Waals surface area contributed by atoms with Gasteiger partial charge in [-0.2, -0.15) is 0 Å². The molecule has 0 spiro atoms.